The van der Waals surface area contributed by atoms with Gasteiger partial charge in [-0.2, -0.15) is 0 Å². The molecule has 51 heavy (non-hydrogen) atoms. The zero-order valence-corrected chi connectivity index (χ0v) is 33.0. The molecule has 0 saturated carbocycles. The molecule has 9 heteroatoms. The van der Waals surface area contributed by atoms with Crippen LogP contribution in [0, 0.1) is 5.92 Å². The van der Waals surface area contributed by atoms with Gasteiger partial charge in [-0.3, -0.25) is 9.59 Å². The highest BCUT2D eigenvalue weighted by Gasteiger charge is 2.38. The molecule has 3 atom stereocenters. The molecule has 2 rings (SSSR count). The van der Waals surface area contributed by atoms with Gasteiger partial charge >= 0.3 is 12.1 Å². The highest BCUT2D eigenvalue weighted by atomic mass is 16.6. The van der Waals surface area contributed by atoms with Crippen LogP contribution in [0.25, 0.3) is 0 Å². The van der Waals surface area contributed by atoms with Crippen LogP contribution in [0.1, 0.15) is 137 Å². The van der Waals surface area contributed by atoms with Crippen molar-refractivity contribution < 1.29 is 28.7 Å². The van der Waals surface area contributed by atoms with Crippen molar-refractivity contribution in [2.75, 3.05) is 6.54 Å². The van der Waals surface area contributed by atoms with Crippen LogP contribution in [0.3, 0.4) is 0 Å². The molecule has 2 aromatic carbocycles. The Hall–Kier alpha value is -3.88. The second-order valence-electron chi connectivity index (χ2n) is 15.9. The number of carbonyl (C=O) groups is 4. The number of aryl methyl sites for hydroxylation is 1. The fraction of sp³-hybridized carbons (Fsp3) is 0.619. The van der Waals surface area contributed by atoms with Gasteiger partial charge in [0.1, 0.15) is 29.3 Å². The largest absolute Gasteiger partial charge is 0.458 e. The van der Waals surface area contributed by atoms with Gasteiger partial charge in [-0.1, -0.05) is 114 Å². The summed E-state index contributed by atoms with van der Waals surface area (Å²) in [5.41, 5.74) is 1.03. The predicted octanol–water partition coefficient (Wildman–Crippen LogP) is 8.49. The molecule has 0 radical (unpaired) electrons. The Bertz CT molecular complexity index is 1360. The maximum absolute atomic E-state index is 14.8. The smallest absolute Gasteiger partial charge is 0.408 e. The third-order valence-corrected chi connectivity index (χ3v) is 8.29. The van der Waals surface area contributed by atoms with Crippen molar-refractivity contribution in [2.45, 2.75) is 156 Å². The third-order valence-electron chi connectivity index (χ3n) is 8.29. The van der Waals surface area contributed by atoms with E-state index in [9.17, 15) is 19.2 Å². The molecule has 0 aliphatic rings. The van der Waals surface area contributed by atoms with E-state index in [1.165, 1.54) is 0 Å². The molecular formula is C42H65N3O6. The van der Waals surface area contributed by atoms with E-state index >= 15 is 0 Å². The van der Waals surface area contributed by atoms with E-state index in [-0.39, 0.29) is 18.2 Å². The number of ether oxygens (including phenoxy) is 2. The molecule has 2 N–H and O–H groups in total. The Kier molecular flexibility index (Phi) is 17.7. The summed E-state index contributed by atoms with van der Waals surface area (Å²) in [7, 11) is 0. The summed E-state index contributed by atoms with van der Waals surface area (Å²) in [5.74, 6) is -1.37. The Morgan fingerprint density at radius 2 is 1.29 bits per heavy atom. The van der Waals surface area contributed by atoms with Gasteiger partial charge in [-0.15, -0.1) is 0 Å². The van der Waals surface area contributed by atoms with Crippen molar-refractivity contribution >= 4 is 23.9 Å². The molecule has 0 spiro atoms. The fourth-order valence-corrected chi connectivity index (χ4v) is 5.85. The number of alkyl carbamates (subject to hydrolysis) is 1. The van der Waals surface area contributed by atoms with E-state index in [2.05, 4.69) is 24.5 Å². The topological polar surface area (TPSA) is 114 Å². The molecular weight excluding hydrogens is 642 g/mol. The van der Waals surface area contributed by atoms with Crippen LogP contribution < -0.4 is 10.6 Å². The van der Waals surface area contributed by atoms with Crippen molar-refractivity contribution in [3.8, 4) is 0 Å². The van der Waals surface area contributed by atoms with Crippen LogP contribution in [0.4, 0.5) is 4.79 Å². The number of amides is 3. The summed E-state index contributed by atoms with van der Waals surface area (Å²) in [5, 5.41) is 5.83. The van der Waals surface area contributed by atoms with Crippen LogP contribution in [0.5, 0.6) is 0 Å². The Morgan fingerprint density at radius 3 is 1.84 bits per heavy atom. The molecule has 3 unspecified atom stereocenters. The molecule has 0 aliphatic heterocycles. The minimum atomic E-state index is -1.07. The molecule has 0 heterocycles. The van der Waals surface area contributed by atoms with Gasteiger partial charge in [0, 0.05) is 13.0 Å². The first-order chi connectivity index (χ1) is 23.9. The van der Waals surface area contributed by atoms with E-state index in [0.29, 0.717) is 24.9 Å². The lowest BCUT2D eigenvalue weighted by molar-refractivity contribution is -0.159. The monoisotopic (exact) mass is 707 g/mol. The van der Waals surface area contributed by atoms with Crippen LogP contribution in [-0.2, 0) is 36.7 Å². The Labute approximate surface area is 307 Å². The number of nitrogens with zero attached hydrogens (tertiary/aromatic N) is 1. The highest BCUT2D eigenvalue weighted by molar-refractivity contribution is 5.94. The number of rotatable bonds is 19. The van der Waals surface area contributed by atoms with Crippen LogP contribution in [-0.4, -0.2) is 58.6 Å². The van der Waals surface area contributed by atoms with Gasteiger partial charge < -0.3 is 25.0 Å². The van der Waals surface area contributed by atoms with E-state index in [1.807, 2.05) is 68.4 Å². The van der Waals surface area contributed by atoms with Crippen molar-refractivity contribution in [3.05, 3.63) is 71.3 Å². The fourth-order valence-electron chi connectivity index (χ4n) is 5.85. The number of unbranched alkanes of at least 4 members (excludes halogenated alkanes) is 5. The molecule has 2 aromatic rings. The average Bonchev–Trinajstić information content (AvgIpc) is 3.03. The summed E-state index contributed by atoms with van der Waals surface area (Å²) < 4.78 is 11.3. The average molecular weight is 708 g/mol. The summed E-state index contributed by atoms with van der Waals surface area (Å²) in [4.78, 5) is 57.8. The number of benzene rings is 2. The van der Waals surface area contributed by atoms with E-state index in [0.717, 1.165) is 49.7 Å². The maximum atomic E-state index is 14.8. The van der Waals surface area contributed by atoms with Gasteiger partial charge in [0.2, 0.25) is 11.8 Å². The summed E-state index contributed by atoms with van der Waals surface area (Å²) in [6.45, 7) is 19.2. The zero-order chi connectivity index (χ0) is 38.2. The minimum absolute atomic E-state index is 0.0586. The van der Waals surface area contributed by atoms with Crippen molar-refractivity contribution in [3.63, 3.8) is 0 Å². The predicted molar refractivity (Wildman–Crippen MR) is 204 cm³/mol. The first-order valence-electron chi connectivity index (χ1n) is 18.9. The number of hydrogen-bond donors (Lipinski definition) is 2. The first kappa shape index (κ1) is 43.3. The summed E-state index contributed by atoms with van der Waals surface area (Å²) >= 11 is 0. The number of hydrogen-bond acceptors (Lipinski definition) is 6. The number of esters is 1. The zero-order valence-electron chi connectivity index (χ0n) is 33.0. The molecule has 0 aliphatic carbocycles. The van der Waals surface area contributed by atoms with E-state index in [4.69, 9.17) is 9.47 Å². The summed E-state index contributed by atoms with van der Waals surface area (Å²) in [6, 6.07) is 14.1. The Balaban J connectivity index is 2.64. The Morgan fingerprint density at radius 1 is 0.706 bits per heavy atom. The van der Waals surface area contributed by atoms with E-state index < -0.39 is 47.3 Å². The quantitative estimate of drug-likeness (QED) is 0.112. The lowest BCUT2D eigenvalue weighted by atomic mass is 9.97. The maximum Gasteiger partial charge on any atom is 0.408 e. The number of carbonyl (C=O) groups excluding carboxylic acids is 4. The van der Waals surface area contributed by atoms with Crippen molar-refractivity contribution in [2.24, 2.45) is 5.92 Å². The molecule has 9 nitrogen and oxygen atoms in total. The normalized spacial score (nSPS) is 13.5. The van der Waals surface area contributed by atoms with Gasteiger partial charge in [0.25, 0.3) is 0 Å². The molecule has 284 valence electrons. The lowest BCUT2D eigenvalue weighted by Crippen LogP contribution is -2.55. The van der Waals surface area contributed by atoms with E-state index in [1.54, 1.807) is 46.4 Å². The molecule has 3 amide bonds. The molecule has 0 aromatic heterocycles. The van der Waals surface area contributed by atoms with Crippen LogP contribution in [0.2, 0.25) is 0 Å². The van der Waals surface area contributed by atoms with Crippen molar-refractivity contribution in [1.82, 2.24) is 15.5 Å². The molecule has 0 saturated heterocycles. The minimum Gasteiger partial charge on any atom is -0.458 e. The molecule has 0 fully saturated rings. The highest BCUT2D eigenvalue weighted by Crippen LogP contribution is 2.26. The van der Waals surface area contributed by atoms with Gasteiger partial charge in [0.05, 0.1) is 0 Å². The summed E-state index contributed by atoms with van der Waals surface area (Å²) in [6.07, 6.45) is 6.61. The second kappa shape index (κ2) is 20.8. The number of nitrogens with one attached hydrogen (secondary N) is 2. The van der Waals surface area contributed by atoms with Gasteiger partial charge in [-0.05, 0) is 83.4 Å². The van der Waals surface area contributed by atoms with Crippen LogP contribution >= 0.6 is 0 Å². The SMILES string of the molecule is CCCCCCCCN(C(=O)C(CC(C)C)NC(=O)OC(C)(C)C)C(C(=O)NC(Cc1ccccc1)C(=O)OC(C)(C)C)c1ccc(CC)cc1. The molecule has 0 bridgehead atoms. The van der Waals surface area contributed by atoms with Crippen molar-refractivity contribution in [1.29, 1.82) is 0 Å². The second-order valence-corrected chi connectivity index (χ2v) is 15.9. The standard InChI is InChI=1S/C42H65N3O6/c1-11-13-14-15-16-20-27-45(38(47)34(28-30(3)4)44-40(49)51-42(8,9)10)36(33-25-23-31(12-2)24-26-33)37(46)43-35(39(48)50-41(5,6)7)29-32-21-18-17-19-22-32/h17-19,21-26,30,34-36H,11-16,20,27-29H2,1-10H3,(H,43,46)(H,44,49). The van der Waals surface area contributed by atoms with Gasteiger partial charge in [-0.25, -0.2) is 9.59 Å². The van der Waals surface area contributed by atoms with Gasteiger partial charge in [0.15, 0.2) is 0 Å². The van der Waals surface area contributed by atoms with Crippen LogP contribution in [0.15, 0.2) is 54.6 Å². The lowest BCUT2D eigenvalue weighted by Gasteiger charge is -2.36. The first-order valence-corrected chi connectivity index (χ1v) is 18.9. The third kappa shape index (κ3) is 16.3.